The molecule has 1 N–H and O–H groups in total. The first-order valence-electron chi connectivity index (χ1n) is 10.3. The molecule has 1 aliphatic heterocycles. The number of rotatable bonds is 5. The number of hydrogen-bond donors (Lipinski definition) is 1. The molecule has 0 saturated carbocycles. The number of para-hydroxylation sites is 1. The fourth-order valence-corrected chi connectivity index (χ4v) is 3.76. The fraction of sp³-hybridized carbons (Fsp3) is 0.120. The van der Waals surface area contributed by atoms with Crippen molar-refractivity contribution in [3.05, 3.63) is 84.9 Å². The Labute approximate surface area is 184 Å². The molecular weight excluding hydrogens is 404 g/mol. The third-order valence-electron chi connectivity index (χ3n) is 5.40. The minimum atomic E-state index is -0.417. The SMILES string of the molecule is O=C(Nc1cccc(-c2nc(-c3ccccc3)no2)c1)C1CC(=O)N(c2ccccc2)C1. The summed E-state index contributed by atoms with van der Waals surface area (Å²) >= 11 is 0. The first-order chi connectivity index (χ1) is 15.7. The highest BCUT2D eigenvalue weighted by atomic mass is 16.5. The predicted molar refractivity (Wildman–Crippen MR) is 121 cm³/mol. The van der Waals surface area contributed by atoms with E-state index >= 15 is 0 Å². The molecule has 1 atom stereocenters. The lowest BCUT2D eigenvalue weighted by Gasteiger charge is -2.16. The van der Waals surface area contributed by atoms with Crippen LogP contribution in [0.5, 0.6) is 0 Å². The molecule has 1 unspecified atom stereocenters. The van der Waals surface area contributed by atoms with Gasteiger partial charge in [0.25, 0.3) is 5.89 Å². The summed E-state index contributed by atoms with van der Waals surface area (Å²) in [5.41, 5.74) is 2.98. The normalized spacial score (nSPS) is 15.7. The number of nitrogens with one attached hydrogen (secondary N) is 1. The average molecular weight is 424 g/mol. The summed E-state index contributed by atoms with van der Waals surface area (Å²) in [6, 6.07) is 26.2. The number of amides is 2. The summed E-state index contributed by atoms with van der Waals surface area (Å²) in [6.07, 6.45) is 0.185. The van der Waals surface area contributed by atoms with Crippen molar-refractivity contribution in [2.75, 3.05) is 16.8 Å². The van der Waals surface area contributed by atoms with Gasteiger partial charge in [0.1, 0.15) is 0 Å². The fourth-order valence-electron chi connectivity index (χ4n) is 3.76. The van der Waals surface area contributed by atoms with Crippen LogP contribution in [0.2, 0.25) is 0 Å². The molecule has 0 spiro atoms. The van der Waals surface area contributed by atoms with Gasteiger partial charge in [0.05, 0.1) is 5.92 Å². The summed E-state index contributed by atoms with van der Waals surface area (Å²) in [4.78, 5) is 31.4. The van der Waals surface area contributed by atoms with Crippen molar-refractivity contribution in [3.8, 4) is 22.8 Å². The minimum absolute atomic E-state index is 0.0515. The molecule has 0 bridgehead atoms. The molecular formula is C25H20N4O3. The highest BCUT2D eigenvalue weighted by Crippen LogP contribution is 2.27. The van der Waals surface area contributed by atoms with E-state index in [2.05, 4.69) is 15.5 Å². The van der Waals surface area contributed by atoms with E-state index < -0.39 is 5.92 Å². The second-order valence-corrected chi connectivity index (χ2v) is 7.60. The molecule has 7 nitrogen and oxygen atoms in total. The molecule has 5 rings (SSSR count). The van der Waals surface area contributed by atoms with E-state index in [1.54, 1.807) is 17.0 Å². The Kier molecular flexibility index (Phi) is 5.21. The summed E-state index contributed by atoms with van der Waals surface area (Å²) in [5, 5.41) is 6.96. The molecule has 158 valence electrons. The Morgan fingerprint density at radius 3 is 2.44 bits per heavy atom. The van der Waals surface area contributed by atoms with E-state index in [0.717, 1.165) is 11.3 Å². The van der Waals surface area contributed by atoms with Crippen LogP contribution in [0, 0.1) is 5.92 Å². The highest BCUT2D eigenvalue weighted by Gasteiger charge is 2.35. The van der Waals surface area contributed by atoms with Crippen LogP contribution in [0.4, 0.5) is 11.4 Å². The molecule has 1 fully saturated rings. The molecule has 1 saturated heterocycles. The molecule has 0 radical (unpaired) electrons. The van der Waals surface area contributed by atoms with E-state index in [0.29, 0.717) is 29.5 Å². The van der Waals surface area contributed by atoms with Crippen LogP contribution in [0.1, 0.15) is 6.42 Å². The summed E-state index contributed by atoms with van der Waals surface area (Å²) in [7, 11) is 0. The lowest BCUT2D eigenvalue weighted by atomic mass is 10.1. The van der Waals surface area contributed by atoms with Crippen molar-refractivity contribution in [1.82, 2.24) is 10.1 Å². The predicted octanol–water partition coefficient (Wildman–Crippen LogP) is 4.40. The van der Waals surface area contributed by atoms with Gasteiger partial charge in [-0.15, -0.1) is 0 Å². The number of benzene rings is 3. The summed E-state index contributed by atoms with van der Waals surface area (Å²) in [6.45, 7) is 0.360. The highest BCUT2D eigenvalue weighted by molar-refractivity contribution is 6.03. The van der Waals surface area contributed by atoms with Crippen LogP contribution in [-0.2, 0) is 9.59 Å². The van der Waals surface area contributed by atoms with Crippen LogP contribution in [0.15, 0.2) is 89.5 Å². The van der Waals surface area contributed by atoms with Gasteiger partial charge in [-0.05, 0) is 30.3 Å². The standard InChI is InChI=1S/C25H20N4O3/c30-22-15-19(16-29(22)21-12-5-2-6-13-21)24(31)26-20-11-7-10-18(14-20)25-27-23(28-32-25)17-8-3-1-4-9-17/h1-14,19H,15-16H2,(H,26,31). The zero-order valence-electron chi connectivity index (χ0n) is 17.1. The van der Waals surface area contributed by atoms with E-state index in [1.807, 2.05) is 72.8 Å². The second-order valence-electron chi connectivity index (χ2n) is 7.60. The minimum Gasteiger partial charge on any atom is -0.334 e. The number of aromatic nitrogens is 2. The van der Waals surface area contributed by atoms with E-state index in [4.69, 9.17) is 4.52 Å². The van der Waals surface area contributed by atoms with Gasteiger partial charge in [0, 0.05) is 35.5 Å². The maximum atomic E-state index is 12.8. The molecule has 4 aromatic rings. The third-order valence-corrected chi connectivity index (χ3v) is 5.40. The summed E-state index contributed by atoms with van der Waals surface area (Å²) < 4.78 is 5.42. The zero-order chi connectivity index (χ0) is 21.9. The van der Waals surface area contributed by atoms with Crippen LogP contribution in [0.25, 0.3) is 22.8 Å². The lowest BCUT2D eigenvalue weighted by Crippen LogP contribution is -2.28. The zero-order valence-corrected chi connectivity index (χ0v) is 17.1. The number of carbonyl (C=O) groups excluding carboxylic acids is 2. The van der Waals surface area contributed by atoms with Gasteiger partial charge in [0.2, 0.25) is 17.6 Å². The summed E-state index contributed by atoms with van der Waals surface area (Å²) in [5.74, 6) is 0.208. The van der Waals surface area contributed by atoms with Gasteiger partial charge in [-0.25, -0.2) is 0 Å². The molecule has 7 heteroatoms. The Bertz CT molecular complexity index is 1250. The molecule has 1 aliphatic rings. The second kappa shape index (κ2) is 8.47. The largest absolute Gasteiger partial charge is 0.334 e. The Morgan fingerprint density at radius 1 is 0.938 bits per heavy atom. The molecule has 0 aliphatic carbocycles. The maximum Gasteiger partial charge on any atom is 0.258 e. The number of carbonyl (C=O) groups is 2. The Morgan fingerprint density at radius 2 is 1.66 bits per heavy atom. The maximum absolute atomic E-state index is 12.8. The Hall–Kier alpha value is -4.26. The van der Waals surface area contributed by atoms with Gasteiger partial charge < -0.3 is 14.7 Å². The lowest BCUT2D eigenvalue weighted by molar-refractivity contribution is -0.122. The van der Waals surface area contributed by atoms with E-state index in [9.17, 15) is 9.59 Å². The van der Waals surface area contributed by atoms with Gasteiger partial charge in [-0.1, -0.05) is 59.8 Å². The monoisotopic (exact) mass is 424 g/mol. The van der Waals surface area contributed by atoms with E-state index in [-0.39, 0.29) is 18.2 Å². The molecule has 2 heterocycles. The van der Waals surface area contributed by atoms with Gasteiger partial charge >= 0.3 is 0 Å². The molecule has 1 aromatic heterocycles. The average Bonchev–Trinajstić information content (AvgIpc) is 3.48. The van der Waals surface area contributed by atoms with Crippen molar-refractivity contribution in [2.45, 2.75) is 6.42 Å². The molecule has 3 aromatic carbocycles. The number of nitrogens with zero attached hydrogens (tertiary/aromatic N) is 3. The van der Waals surface area contributed by atoms with Crippen LogP contribution >= 0.6 is 0 Å². The van der Waals surface area contributed by atoms with E-state index in [1.165, 1.54) is 0 Å². The first kappa shape index (κ1) is 19.7. The third kappa shape index (κ3) is 4.00. The number of anilines is 2. The van der Waals surface area contributed by atoms with Crippen molar-refractivity contribution in [3.63, 3.8) is 0 Å². The first-order valence-corrected chi connectivity index (χ1v) is 10.3. The topological polar surface area (TPSA) is 88.3 Å². The van der Waals surface area contributed by atoms with Crippen LogP contribution in [-0.4, -0.2) is 28.5 Å². The van der Waals surface area contributed by atoms with Crippen LogP contribution < -0.4 is 10.2 Å². The van der Waals surface area contributed by atoms with Gasteiger partial charge in [-0.3, -0.25) is 9.59 Å². The van der Waals surface area contributed by atoms with Gasteiger partial charge in [0.15, 0.2) is 0 Å². The Balaban J connectivity index is 1.29. The quantitative estimate of drug-likeness (QED) is 0.513. The molecule has 32 heavy (non-hydrogen) atoms. The van der Waals surface area contributed by atoms with Crippen LogP contribution in [0.3, 0.4) is 0 Å². The number of hydrogen-bond acceptors (Lipinski definition) is 5. The van der Waals surface area contributed by atoms with Crippen molar-refractivity contribution < 1.29 is 14.1 Å². The van der Waals surface area contributed by atoms with Crippen molar-refractivity contribution in [1.29, 1.82) is 0 Å². The van der Waals surface area contributed by atoms with Gasteiger partial charge in [-0.2, -0.15) is 4.98 Å². The van der Waals surface area contributed by atoms with Crippen molar-refractivity contribution >= 4 is 23.2 Å². The smallest absolute Gasteiger partial charge is 0.258 e. The molecule has 2 amide bonds. The van der Waals surface area contributed by atoms with Crippen molar-refractivity contribution in [2.24, 2.45) is 5.92 Å².